The summed E-state index contributed by atoms with van der Waals surface area (Å²) in [5, 5.41) is 24.7. The van der Waals surface area contributed by atoms with Crippen LogP contribution < -0.4 is 69.3 Å². The Labute approximate surface area is 250 Å². The van der Waals surface area contributed by atoms with Crippen molar-refractivity contribution in [2.45, 2.75) is 9.79 Å². The zero-order chi connectivity index (χ0) is 23.8. The Morgan fingerprint density at radius 1 is 0.706 bits per heavy atom. The first-order chi connectivity index (χ1) is 15.0. The van der Waals surface area contributed by atoms with Gasteiger partial charge in [0.1, 0.15) is 0 Å². The molecule has 0 spiro atoms. The van der Waals surface area contributed by atoms with Gasteiger partial charge in [0.2, 0.25) is 0 Å². The minimum Gasteiger partial charge on any atom is -0.858 e. The zero-order valence-corrected chi connectivity index (χ0v) is 25.6. The predicted molar refractivity (Wildman–Crippen MR) is 120 cm³/mol. The van der Waals surface area contributed by atoms with Crippen LogP contribution in [0.2, 0.25) is 0 Å². The number of rotatable bonds is 11. The van der Waals surface area contributed by atoms with Crippen molar-refractivity contribution < 1.29 is 95.3 Å². The van der Waals surface area contributed by atoms with Gasteiger partial charge in [0.15, 0.2) is 0 Å². The molecule has 0 bridgehead atoms. The molecule has 0 unspecified atom stereocenters. The van der Waals surface area contributed by atoms with Crippen molar-refractivity contribution in [2.75, 3.05) is 24.6 Å². The van der Waals surface area contributed by atoms with Crippen LogP contribution in [-0.2, 0) is 20.2 Å². The van der Waals surface area contributed by atoms with Gasteiger partial charge in [-0.3, -0.25) is 19.1 Å². The standard InChI is InChI=1S/C18H20N2O8S4.2Na/c21-17(19-9-11-31(23,24)25)13-5-1-3-7-15(13)29-30-16-8-4-2-6-14(16)18(22)20-10-12-32(26,27)28;;/h1-8H,9-12H2,(H,19,21)(H,20,22)(H,23,24,25)(H,26,27,28);;/q;2*+1/p-2. The minimum atomic E-state index is -4.23. The molecule has 0 saturated heterocycles. The third-order valence-corrected chi connectivity index (χ3v) is 7.54. The van der Waals surface area contributed by atoms with E-state index in [1.165, 1.54) is 33.7 Å². The van der Waals surface area contributed by atoms with Gasteiger partial charge in [0.25, 0.3) is 20.2 Å². The second-order valence-electron chi connectivity index (χ2n) is 6.10. The van der Waals surface area contributed by atoms with Crippen LogP contribution in [-0.4, -0.2) is 62.3 Å². The van der Waals surface area contributed by atoms with Crippen LogP contribution in [0.4, 0.5) is 0 Å². The Hall–Kier alpha value is -0.1000. The van der Waals surface area contributed by atoms with E-state index in [1.54, 1.807) is 36.4 Å². The van der Waals surface area contributed by atoms with Gasteiger partial charge in [-0.1, -0.05) is 58.0 Å². The molecule has 0 atom stereocenters. The molecule has 0 heterocycles. The Bertz CT molecular complexity index is 1130. The molecule has 0 saturated carbocycles. The number of hydrogen-bond donors (Lipinski definition) is 2. The largest absolute Gasteiger partial charge is 1.00 e. The first-order valence-corrected chi connectivity index (χ1v) is 14.2. The van der Waals surface area contributed by atoms with Crippen molar-refractivity contribution >= 4 is 53.6 Å². The molecule has 2 rings (SSSR count). The fraction of sp³-hybridized carbons (Fsp3) is 0.222. The average molecular weight is 565 g/mol. The van der Waals surface area contributed by atoms with Gasteiger partial charge in [0, 0.05) is 9.79 Å². The number of hydrogen-bond acceptors (Lipinski definition) is 10. The minimum absolute atomic E-state index is 0. The molecule has 0 amide bonds. The van der Waals surface area contributed by atoms with Gasteiger partial charge in [-0.05, 0) is 35.1 Å². The maximum absolute atomic E-state index is 12.3. The molecular weight excluding hydrogens is 546 g/mol. The van der Waals surface area contributed by atoms with Crippen LogP contribution in [0.1, 0.15) is 11.1 Å². The normalized spacial score (nSPS) is 12.5. The summed E-state index contributed by atoms with van der Waals surface area (Å²) in [4.78, 5) is 8.35. The topological polar surface area (TPSA) is 180 Å². The van der Waals surface area contributed by atoms with Crippen molar-refractivity contribution in [1.29, 1.82) is 0 Å². The third kappa shape index (κ3) is 12.7. The average Bonchev–Trinajstić information content (AvgIpc) is 2.70. The number of benzene rings is 2. The quantitative estimate of drug-likeness (QED) is 0.0879. The molecule has 2 N–H and O–H groups in total. The van der Waals surface area contributed by atoms with E-state index in [9.17, 15) is 27.0 Å². The molecule has 2 aromatic carbocycles. The van der Waals surface area contributed by atoms with Gasteiger partial charge < -0.3 is 10.2 Å². The molecule has 0 aliphatic rings. The molecule has 0 radical (unpaired) electrons. The Balaban J connectivity index is 0.00000544. The summed E-state index contributed by atoms with van der Waals surface area (Å²) in [6.45, 7) is -0.765. The molecule has 0 aliphatic carbocycles. The summed E-state index contributed by atoms with van der Waals surface area (Å²) in [5.41, 5.74) is 0.448. The monoisotopic (exact) mass is 564 g/mol. The first-order valence-electron chi connectivity index (χ1n) is 8.83. The van der Waals surface area contributed by atoms with Gasteiger partial charge in [0.05, 0.1) is 24.6 Å². The van der Waals surface area contributed by atoms with Crippen LogP contribution in [0.15, 0.2) is 68.3 Å². The van der Waals surface area contributed by atoms with E-state index in [-0.39, 0.29) is 83.3 Å². The van der Waals surface area contributed by atoms with Crippen LogP contribution >= 0.6 is 21.6 Å². The molecular formula is C18H18N2Na2O8S4. The molecule has 0 aliphatic heterocycles. The second kappa shape index (κ2) is 15.9. The second-order valence-corrected chi connectivity index (χ2v) is 11.5. The fourth-order valence-electron chi connectivity index (χ4n) is 2.22. The molecule has 16 heteroatoms. The SMILES string of the molecule is O=S(=O)(O)CCN=C([O-])c1ccccc1SSc1ccccc1C([O-])=NCCS(=O)(=O)O.[Na+].[Na+]. The summed E-state index contributed by atoms with van der Waals surface area (Å²) < 4.78 is 60.6. The van der Waals surface area contributed by atoms with Gasteiger partial charge in [-0.15, -0.1) is 0 Å². The van der Waals surface area contributed by atoms with Gasteiger partial charge in [-0.25, -0.2) is 0 Å². The summed E-state index contributed by atoms with van der Waals surface area (Å²) in [5.74, 6) is -2.64. The van der Waals surface area contributed by atoms with E-state index in [0.717, 1.165) is 0 Å². The summed E-state index contributed by atoms with van der Waals surface area (Å²) in [6, 6.07) is 13.0. The van der Waals surface area contributed by atoms with Crippen molar-refractivity contribution in [3.8, 4) is 0 Å². The van der Waals surface area contributed by atoms with Gasteiger partial charge in [-0.2, -0.15) is 16.8 Å². The van der Waals surface area contributed by atoms with Crippen LogP contribution in [0.25, 0.3) is 0 Å². The molecule has 34 heavy (non-hydrogen) atoms. The fourth-order valence-corrected chi connectivity index (χ4v) is 5.21. The summed E-state index contributed by atoms with van der Waals surface area (Å²) in [6.07, 6.45) is 0. The molecule has 10 nitrogen and oxygen atoms in total. The zero-order valence-electron chi connectivity index (χ0n) is 18.3. The summed E-state index contributed by atoms with van der Waals surface area (Å²) in [7, 11) is -6.13. The van der Waals surface area contributed by atoms with Gasteiger partial charge >= 0.3 is 59.1 Å². The van der Waals surface area contributed by atoms with E-state index < -0.39 is 43.5 Å². The van der Waals surface area contributed by atoms with E-state index in [2.05, 4.69) is 9.98 Å². The number of aliphatic imine (C=N–C) groups is 2. The first kappa shape index (κ1) is 33.9. The Kier molecular flexibility index (Phi) is 15.8. The van der Waals surface area contributed by atoms with E-state index in [4.69, 9.17) is 9.11 Å². The maximum atomic E-state index is 12.3. The van der Waals surface area contributed by atoms with E-state index >= 15 is 0 Å². The van der Waals surface area contributed by atoms with Crippen LogP contribution in [0.5, 0.6) is 0 Å². The third-order valence-electron chi connectivity index (χ3n) is 3.67. The predicted octanol–water partition coefficient (Wildman–Crippen LogP) is -5.52. The summed E-state index contributed by atoms with van der Waals surface area (Å²) >= 11 is 0. The van der Waals surface area contributed by atoms with Crippen LogP contribution in [0.3, 0.4) is 0 Å². The van der Waals surface area contributed by atoms with Crippen molar-refractivity contribution in [3.05, 3.63) is 59.7 Å². The van der Waals surface area contributed by atoms with Crippen molar-refractivity contribution in [2.24, 2.45) is 9.98 Å². The Morgan fingerprint density at radius 3 is 1.35 bits per heavy atom. The van der Waals surface area contributed by atoms with Crippen LogP contribution in [0, 0.1) is 0 Å². The maximum Gasteiger partial charge on any atom is 1.00 e. The van der Waals surface area contributed by atoms with E-state index in [0.29, 0.717) is 9.79 Å². The molecule has 0 fully saturated rings. The molecule has 0 aromatic heterocycles. The Morgan fingerprint density at radius 2 is 1.03 bits per heavy atom. The van der Waals surface area contributed by atoms with Crippen molar-refractivity contribution in [3.63, 3.8) is 0 Å². The number of nitrogens with zero attached hydrogens (tertiary/aromatic N) is 2. The molecule has 2 aromatic rings. The van der Waals surface area contributed by atoms with E-state index in [1.807, 2.05) is 0 Å². The smallest absolute Gasteiger partial charge is 0.858 e. The molecule has 174 valence electrons. The van der Waals surface area contributed by atoms with Crippen molar-refractivity contribution in [1.82, 2.24) is 0 Å².